The summed E-state index contributed by atoms with van der Waals surface area (Å²) in [5.41, 5.74) is 2.65. The molecule has 0 aliphatic rings. The number of urea groups is 1. The van der Waals surface area contributed by atoms with Crippen LogP contribution in [0.5, 0.6) is 0 Å². The summed E-state index contributed by atoms with van der Waals surface area (Å²) in [6.07, 6.45) is 1.02. The first-order chi connectivity index (χ1) is 9.90. The molecule has 0 aromatic heterocycles. The number of hydrogen-bond donors (Lipinski definition) is 3. The van der Waals surface area contributed by atoms with E-state index in [0.717, 1.165) is 11.1 Å². The van der Waals surface area contributed by atoms with Gasteiger partial charge in [0.2, 0.25) is 5.91 Å². The van der Waals surface area contributed by atoms with E-state index in [9.17, 15) is 14.4 Å². The monoisotopic (exact) mass is 292 g/mol. The lowest BCUT2D eigenvalue weighted by Gasteiger charge is -2.10. The molecule has 21 heavy (non-hydrogen) atoms. The van der Waals surface area contributed by atoms with Crippen molar-refractivity contribution in [3.05, 3.63) is 29.3 Å². The Labute approximate surface area is 123 Å². The number of aryl methyl sites for hydroxylation is 1. The molecule has 0 aliphatic carbocycles. The zero-order valence-electron chi connectivity index (χ0n) is 12.2. The zero-order chi connectivity index (χ0) is 15.8. The van der Waals surface area contributed by atoms with Gasteiger partial charge in [-0.15, -0.1) is 0 Å². The number of nitrogens with one attached hydrogen (secondary N) is 2. The van der Waals surface area contributed by atoms with Crippen LogP contribution in [0.2, 0.25) is 0 Å². The SMILES string of the molecule is Cc1cccc(NC(=O)NC(=O)CCCCC(=O)O)c1C. The summed E-state index contributed by atoms with van der Waals surface area (Å²) in [6.45, 7) is 3.82. The van der Waals surface area contributed by atoms with Gasteiger partial charge in [0.15, 0.2) is 0 Å². The highest BCUT2D eigenvalue weighted by Crippen LogP contribution is 2.17. The predicted octanol–water partition coefficient (Wildman–Crippen LogP) is 2.60. The van der Waals surface area contributed by atoms with E-state index in [1.165, 1.54) is 0 Å². The molecule has 1 aromatic carbocycles. The van der Waals surface area contributed by atoms with Gasteiger partial charge in [0, 0.05) is 18.5 Å². The number of anilines is 1. The van der Waals surface area contributed by atoms with E-state index in [-0.39, 0.29) is 12.8 Å². The number of carbonyl (C=O) groups is 3. The van der Waals surface area contributed by atoms with Crippen molar-refractivity contribution in [1.82, 2.24) is 5.32 Å². The maximum Gasteiger partial charge on any atom is 0.325 e. The lowest BCUT2D eigenvalue weighted by atomic mass is 10.1. The molecule has 0 spiro atoms. The molecule has 6 nitrogen and oxygen atoms in total. The van der Waals surface area contributed by atoms with E-state index in [2.05, 4.69) is 10.6 Å². The summed E-state index contributed by atoms with van der Waals surface area (Å²) >= 11 is 0. The van der Waals surface area contributed by atoms with Gasteiger partial charge < -0.3 is 10.4 Å². The summed E-state index contributed by atoms with van der Waals surface area (Å²) in [7, 11) is 0. The fraction of sp³-hybridized carbons (Fsp3) is 0.400. The van der Waals surface area contributed by atoms with Gasteiger partial charge in [0.25, 0.3) is 0 Å². The number of unbranched alkanes of at least 4 members (excludes halogenated alkanes) is 1. The fourth-order valence-electron chi connectivity index (χ4n) is 1.79. The van der Waals surface area contributed by atoms with Crippen molar-refractivity contribution >= 4 is 23.6 Å². The number of amides is 3. The predicted molar refractivity (Wildman–Crippen MR) is 79.2 cm³/mol. The summed E-state index contributed by atoms with van der Waals surface area (Å²) < 4.78 is 0. The molecule has 6 heteroatoms. The number of carbonyl (C=O) groups excluding carboxylic acids is 2. The zero-order valence-corrected chi connectivity index (χ0v) is 12.2. The van der Waals surface area contributed by atoms with Crippen LogP contribution in [-0.2, 0) is 9.59 Å². The van der Waals surface area contributed by atoms with Gasteiger partial charge >= 0.3 is 12.0 Å². The third kappa shape index (κ3) is 6.07. The smallest absolute Gasteiger partial charge is 0.325 e. The van der Waals surface area contributed by atoms with Gasteiger partial charge in [-0.1, -0.05) is 12.1 Å². The van der Waals surface area contributed by atoms with E-state index >= 15 is 0 Å². The van der Waals surface area contributed by atoms with Crippen LogP contribution in [0.15, 0.2) is 18.2 Å². The van der Waals surface area contributed by atoms with Gasteiger partial charge in [0.05, 0.1) is 0 Å². The minimum atomic E-state index is -0.886. The summed E-state index contributed by atoms with van der Waals surface area (Å²) in [5, 5.41) is 13.3. The number of aliphatic carboxylic acids is 1. The molecule has 0 bridgehead atoms. The van der Waals surface area contributed by atoms with Crippen LogP contribution in [0.25, 0.3) is 0 Å². The molecule has 3 N–H and O–H groups in total. The average molecular weight is 292 g/mol. The Kier molecular flexibility index (Phi) is 6.39. The highest BCUT2D eigenvalue weighted by molar-refractivity contribution is 6.01. The van der Waals surface area contributed by atoms with E-state index in [1.54, 1.807) is 6.07 Å². The Morgan fingerprint density at radius 3 is 2.43 bits per heavy atom. The number of carboxylic acid groups (broad SMARTS) is 1. The molecule has 0 atom stereocenters. The van der Waals surface area contributed by atoms with Crippen molar-refractivity contribution in [2.45, 2.75) is 39.5 Å². The van der Waals surface area contributed by atoms with E-state index in [4.69, 9.17) is 5.11 Å². The quantitative estimate of drug-likeness (QED) is 0.702. The third-order valence-electron chi connectivity index (χ3n) is 3.15. The number of carboxylic acids is 1. The molecule has 0 heterocycles. The first kappa shape index (κ1) is 16.7. The van der Waals surface area contributed by atoms with Crippen LogP contribution >= 0.6 is 0 Å². The minimum absolute atomic E-state index is 0.0297. The lowest BCUT2D eigenvalue weighted by Crippen LogP contribution is -2.34. The molecule has 1 aromatic rings. The molecule has 0 radical (unpaired) electrons. The number of benzene rings is 1. The maximum absolute atomic E-state index is 11.7. The van der Waals surface area contributed by atoms with Crippen molar-refractivity contribution in [2.24, 2.45) is 0 Å². The van der Waals surface area contributed by atoms with Crippen LogP contribution in [0.3, 0.4) is 0 Å². The van der Waals surface area contributed by atoms with Crippen LogP contribution < -0.4 is 10.6 Å². The van der Waals surface area contributed by atoms with Gasteiger partial charge in [-0.2, -0.15) is 0 Å². The molecular formula is C15H20N2O4. The summed E-state index contributed by atoms with van der Waals surface area (Å²) in [5.74, 6) is -1.30. The Morgan fingerprint density at radius 2 is 1.76 bits per heavy atom. The van der Waals surface area contributed by atoms with Gasteiger partial charge in [-0.3, -0.25) is 14.9 Å². The van der Waals surface area contributed by atoms with Crippen molar-refractivity contribution < 1.29 is 19.5 Å². The lowest BCUT2D eigenvalue weighted by molar-refractivity contribution is -0.137. The normalized spacial score (nSPS) is 10.0. The third-order valence-corrected chi connectivity index (χ3v) is 3.15. The Hall–Kier alpha value is -2.37. The summed E-state index contributed by atoms with van der Waals surface area (Å²) in [4.78, 5) is 33.5. The molecule has 0 unspecified atom stereocenters. The minimum Gasteiger partial charge on any atom is -0.481 e. The Balaban J connectivity index is 2.38. The standard InChI is InChI=1S/C15H20N2O4/c1-10-6-5-7-12(11(10)2)16-15(21)17-13(18)8-3-4-9-14(19)20/h5-7H,3-4,8-9H2,1-2H3,(H,19,20)(H2,16,17,18,21). The number of imide groups is 1. The van der Waals surface area contributed by atoms with Crippen LogP contribution in [0.4, 0.5) is 10.5 Å². The second-order valence-corrected chi connectivity index (χ2v) is 4.85. The Bertz CT molecular complexity index is 540. The molecule has 0 saturated heterocycles. The fourth-order valence-corrected chi connectivity index (χ4v) is 1.79. The van der Waals surface area contributed by atoms with E-state index in [1.807, 2.05) is 26.0 Å². The number of hydrogen-bond acceptors (Lipinski definition) is 3. The highest BCUT2D eigenvalue weighted by Gasteiger charge is 2.09. The molecular weight excluding hydrogens is 272 g/mol. The average Bonchev–Trinajstić information content (AvgIpc) is 2.40. The maximum atomic E-state index is 11.7. The molecule has 1 rings (SSSR count). The van der Waals surface area contributed by atoms with Gasteiger partial charge in [-0.05, 0) is 43.9 Å². The van der Waals surface area contributed by atoms with Crippen molar-refractivity contribution in [2.75, 3.05) is 5.32 Å². The van der Waals surface area contributed by atoms with Crippen LogP contribution in [-0.4, -0.2) is 23.0 Å². The van der Waals surface area contributed by atoms with Crippen LogP contribution in [0.1, 0.15) is 36.8 Å². The van der Waals surface area contributed by atoms with E-state index < -0.39 is 17.9 Å². The molecule has 0 aliphatic heterocycles. The topological polar surface area (TPSA) is 95.5 Å². The molecule has 3 amide bonds. The van der Waals surface area contributed by atoms with Crippen molar-refractivity contribution in [3.8, 4) is 0 Å². The largest absolute Gasteiger partial charge is 0.481 e. The second kappa shape index (κ2) is 8.04. The molecule has 0 fully saturated rings. The van der Waals surface area contributed by atoms with Gasteiger partial charge in [0.1, 0.15) is 0 Å². The van der Waals surface area contributed by atoms with Crippen molar-refractivity contribution in [1.29, 1.82) is 0 Å². The second-order valence-electron chi connectivity index (χ2n) is 4.85. The van der Waals surface area contributed by atoms with E-state index in [0.29, 0.717) is 18.5 Å². The van der Waals surface area contributed by atoms with Crippen molar-refractivity contribution in [3.63, 3.8) is 0 Å². The molecule has 114 valence electrons. The van der Waals surface area contributed by atoms with Crippen LogP contribution in [0, 0.1) is 13.8 Å². The first-order valence-corrected chi connectivity index (χ1v) is 6.79. The first-order valence-electron chi connectivity index (χ1n) is 6.79. The number of rotatable bonds is 6. The van der Waals surface area contributed by atoms with Gasteiger partial charge in [-0.25, -0.2) is 4.79 Å². The highest BCUT2D eigenvalue weighted by atomic mass is 16.4. The molecule has 0 saturated carbocycles. The Morgan fingerprint density at radius 1 is 1.10 bits per heavy atom. The summed E-state index contributed by atoms with van der Waals surface area (Å²) in [6, 6.07) is 4.95.